The Kier molecular flexibility index (Phi) is 9.88. The van der Waals surface area contributed by atoms with Crippen molar-refractivity contribution in [2.24, 2.45) is 13.0 Å². The van der Waals surface area contributed by atoms with Gasteiger partial charge in [-0.05, 0) is 78.1 Å². The van der Waals surface area contributed by atoms with Gasteiger partial charge in [0.15, 0.2) is 5.82 Å². The number of carbonyl (C=O) groups excluding carboxylic acids is 1. The third-order valence-electron chi connectivity index (χ3n) is 11.0. The lowest BCUT2D eigenvalue weighted by atomic mass is 10.0. The molecule has 314 valence electrons. The number of anilines is 1. The monoisotopic (exact) mass is 884 g/mol. The minimum atomic E-state index is -3.55. The number of aryl methyl sites for hydroxylation is 1. The predicted molar refractivity (Wildman–Crippen MR) is 212 cm³/mol. The highest BCUT2D eigenvalue weighted by molar-refractivity contribution is 7.99. The number of amides is 1. The molecule has 0 bridgehead atoms. The number of hydrogen-bond acceptors (Lipinski definition) is 7. The average Bonchev–Trinajstić information content (AvgIpc) is 3.73. The van der Waals surface area contributed by atoms with E-state index in [1.807, 2.05) is 0 Å². The van der Waals surface area contributed by atoms with Crippen LogP contribution in [0.4, 0.5) is 40.9 Å². The van der Waals surface area contributed by atoms with E-state index in [9.17, 15) is 31.5 Å². The molecule has 1 amide bonds. The fraction of sp³-hybridized carbons (Fsp3) is 0.244. The minimum absolute atomic E-state index is 0.00786. The number of alkyl halides is 4. The van der Waals surface area contributed by atoms with Crippen LogP contribution < -0.4 is 15.6 Å². The normalized spacial score (nSPS) is 16.9. The summed E-state index contributed by atoms with van der Waals surface area (Å²) in [5, 5.41) is 11.5. The molecule has 7 aromatic rings. The van der Waals surface area contributed by atoms with E-state index in [1.165, 1.54) is 47.0 Å². The lowest BCUT2D eigenvalue weighted by Gasteiger charge is -2.24. The Hall–Kier alpha value is -5.95. The Morgan fingerprint density at radius 1 is 0.984 bits per heavy atom. The first-order valence-electron chi connectivity index (χ1n) is 18.5. The van der Waals surface area contributed by atoms with Gasteiger partial charge in [0.05, 0.1) is 38.6 Å². The summed E-state index contributed by atoms with van der Waals surface area (Å²) in [4.78, 5) is 33.8. The van der Waals surface area contributed by atoms with Crippen LogP contribution in [0.2, 0.25) is 5.02 Å². The van der Waals surface area contributed by atoms with Crippen molar-refractivity contribution in [2.45, 2.75) is 43.7 Å². The van der Waals surface area contributed by atoms with Crippen molar-refractivity contribution in [2.75, 3.05) is 11.0 Å². The highest BCUT2D eigenvalue weighted by Gasteiger charge is 2.67. The number of nitrogens with zero attached hydrogens (tertiary/aromatic N) is 6. The van der Waals surface area contributed by atoms with Crippen molar-refractivity contribution in [3.63, 3.8) is 0 Å². The van der Waals surface area contributed by atoms with Gasteiger partial charge in [-0.15, -0.1) is 0 Å². The number of nitrogens with one attached hydrogen (secondary N) is 2. The van der Waals surface area contributed by atoms with E-state index >= 15 is 13.2 Å². The smallest absolute Gasteiger partial charge is 0.293 e. The Labute approximate surface area is 348 Å². The van der Waals surface area contributed by atoms with Crippen molar-refractivity contribution < 1.29 is 39.9 Å². The van der Waals surface area contributed by atoms with Crippen LogP contribution in [0, 0.1) is 29.2 Å². The van der Waals surface area contributed by atoms with E-state index in [0.717, 1.165) is 34.9 Å². The predicted octanol–water partition coefficient (Wildman–Crippen LogP) is 9.28. The van der Waals surface area contributed by atoms with Crippen LogP contribution in [0.3, 0.4) is 0 Å². The number of hydrogen-bond donors (Lipinski definition) is 2. The number of carbonyl (C=O) groups is 1. The molecule has 3 heterocycles. The van der Waals surface area contributed by atoms with Crippen molar-refractivity contribution in [1.29, 1.82) is 0 Å². The zero-order chi connectivity index (χ0) is 43.2. The van der Waals surface area contributed by atoms with Gasteiger partial charge in [-0.3, -0.25) is 23.5 Å². The van der Waals surface area contributed by atoms with Crippen molar-refractivity contribution >= 4 is 57.1 Å². The molecular weight excluding hydrogens is 856 g/mol. The highest BCUT2D eigenvalue weighted by atomic mass is 35.5. The fourth-order valence-corrected chi connectivity index (χ4v) is 8.97. The quantitative estimate of drug-likeness (QED) is 0.0985. The van der Waals surface area contributed by atoms with Crippen molar-refractivity contribution in [3.8, 4) is 16.8 Å². The van der Waals surface area contributed by atoms with Crippen LogP contribution in [0.15, 0.2) is 71.5 Å². The minimum Gasteiger partial charge on any atom is -0.344 e. The van der Waals surface area contributed by atoms with Gasteiger partial charge in [-0.25, -0.2) is 31.3 Å². The maximum Gasteiger partial charge on any atom is 0.293 e. The van der Waals surface area contributed by atoms with Crippen LogP contribution in [0.5, 0.6) is 0 Å². The van der Waals surface area contributed by atoms with Crippen LogP contribution in [0.1, 0.15) is 53.1 Å². The third-order valence-corrected chi connectivity index (χ3v) is 11.7. The molecular formula is C41H29ClF8N8O2S. The van der Waals surface area contributed by atoms with Gasteiger partial charge < -0.3 is 10.0 Å². The molecule has 0 radical (unpaired) electrons. The van der Waals surface area contributed by atoms with E-state index in [0.29, 0.717) is 27.5 Å². The fourth-order valence-electron chi connectivity index (χ4n) is 8.39. The molecule has 3 aromatic heterocycles. The molecule has 0 saturated heterocycles. The number of fused-ring (bicyclic) bond motifs is 5. The summed E-state index contributed by atoms with van der Waals surface area (Å²) < 4.78 is 124. The number of benzene rings is 4. The first kappa shape index (κ1) is 40.5. The Balaban J connectivity index is 1.26. The second-order valence-corrected chi connectivity index (χ2v) is 15.8. The van der Waals surface area contributed by atoms with E-state index in [4.69, 9.17) is 16.6 Å². The van der Waals surface area contributed by atoms with Crippen molar-refractivity contribution in [3.05, 3.63) is 134 Å². The molecule has 4 aromatic carbocycles. The molecule has 20 heteroatoms. The zero-order valence-electron chi connectivity index (χ0n) is 31.6. The maximum atomic E-state index is 15.5. The number of halogens is 9. The van der Waals surface area contributed by atoms with Gasteiger partial charge in [0.2, 0.25) is 5.91 Å². The molecule has 9 rings (SSSR count). The standard InChI is InChI=1S/C41H29ClF8N8O2S/c1-56-35-30(8-6-26(42)33(35)38(54-56)55-61-2)58-39(52-28-12-18(3-5-22(28)40(58)60)23-14-19(43)4-7-27(23)46)29(11-17-9-20(44)13-21(45)10-17)51-31(59)16-57-36-32(34(53-57)37(47)48)24-15-25(24)41(36,49)50/h3-10,12-14,24-25,29,37H,11,15-16H2,1-2H3,(H,51,59)(H,54,55). The second kappa shape index (κ2) is 14.9. The van der Waals surface area contributed by atoms with Crippen LogP contribution in [-0.2, 0) is 30.7 Å². The van der Waals surface area contributed by atoms with Gasteiger partial charge in [-0.1, -0.05) is 29.6 Å². The van der Waals surface area contributed by atoms with Gasteiger partial charge in [0.1, 0.15) is 47.0 Å². The summed E-state index contributed by atoms with van der Waals surface area (Å²) in [5.41, 5.74) is -2.46. The van der Waals surface area contributed by atoms with E-state index in [2.05, 4.69) is 20.2 Å². The van der Waals surface area contributed by atoms with Crippen molar-refractivity contribution in [1.82, 2.24) is 34.4 Å². The van der Waals surface area contributed by atoms with Gasteiger partial charge >= 0.3 is 0 Å². The SMILES string of the molecule is CSNc1nn(C)c2c(-n3c(C(Cc4cc(F)cc(F)c4)NC(=O)Cn4nc(C(F)F)c5c4C(F)(F)C4CC54)nc4cc(-c5cc(F)ccc5F)ccc4c3=O)ccc(Cl)c12. The van der Waals surface area contributed by atoms with Crippen LogP contribution >= 0.6 is 23.5 Å². The molecule has 2 N–H and O–H groups in total. The topological polar surface area (TPSA) is 112 Å². The molecule has 10 nitrogen and oxygen atoms in total. The Morgan fingerprint density at radius 3 is 2.46 bits per heavy atom. The van der Waals surface area contributed by atoms with Gasteiger partial charge in [0.25, 0.3) is 17.9 Å². The molecule has 0 aliphatic heterocycles. The molecule has 1 fully saturated rings. The summed E-state index contributed by atoms with van der Waals surface area (Å²) in [6.07, 6.45) is -1.94. The molecule has 2 aliphatic rings. The van der Waals surface area contributed by atoms with Gasteiger partial charge in [0, 0.05) is 42.8 Å². The number of aromatic nitrogens is 6. The highest BCUT2D eigenvalue weighted by Crippen LogP contribution is 2.68. The molecule has 3 unspecified atom stereocenters. The average molecular weight is 885 g/mol. The molecule has 61 heavy (non-hydrogen) atoms. The first-order chi connectivity index (χ1) is 29.0. The summed E-state index contributed by atoms with van der Waals surface area (Å²) in [5.74, 6) is -10.1. The lowest BCUT2D eigenvalue weighted by Crippen LogP contribution is -2.38. The van der Waals surface area contributed by atoms with E-state index < -0.39 is 89.3 Å². The number of rotatable bonds is 11. The summed E-state index contributed by atoms with van der Waals surface area (Å²) in [6.45, 7) is -0.991. The second-order valence-electron chi connectivity index (χ2n) is 14.8. The summed E-state index contributed by atoms with van der Waals surface area (Å²) >= 11 is 7.90. The Bertz CT molecular complexity index is 3010. The maximum absolute atomic E-state index is 15.5. The molecule has 1 saturated carbocycles. The van der Waals surface area contributed by atoms with E-state index in [1.54, 1.807) is 13.3 Å². The lowest BCUT2D eigenvalue weighted by molar-refractivity contribution is -0.123. The van der Waals surface area contributed by atoms with E-state index in [-0.39, 0.29) is 56.1 Å². The zero-order valence-corrected chi connectivity index (χ0v) is 33.2. The van der Waals surface area contributed by atoms with Crippen LogP contribution in [-0.4, -0.2) is 41.3 Å². The molecule has 0 spiro atoms. The first-order valence-corrected chi connectivity index (χ1v) is 20.1. The van der Waals surface area contributed by atoms with Crippen LogP contribution in [0.25, 0.3) is 38.6 Å². The Morgan fingerprint density at radius 2 is 1.74 bits per heavy atom. The largest absolute Gasteiger partial charge is 0.344 e. The summed E-state index contributed by atoms with van der Waals surface area (Å²) in [6, 6.07) is 10.9. The molecule has 2 aliphatic carbocycles. The third kappa shape index (κ3) is 6.86. The molecule has 3 atom stereocenters. The summed E-state index contributed by atoms with van der Waals surface area (Å²) in [7, 11) is 1.58. The van der Waals surface area contributed by atoms with Gasteiger partial charge in [-0.2, -0.15) is 19.0 Å².